The van der Waals surface area contributed by atoms with Crippen molar-refractivity contribution in [3.05, 3.63) is 18.7 Å². The van der Waals surface area contributed by atoms with Crippen molar-refractivity contribution in [2.45, 2.75) is 13.0 Å². The van der Waals surface area contributed by atoms with Crippen LogP contribution in [0.15, 0.2) is 18.7 Å². The van der Waals surface area contributed by atoms with Crippen LogP contribution in [-0.4, -0.2) is 45.0 Å². The molecule has 0 unspecified atom stereocenters. The average Bonchev–Trinajstić information content (AvgIpc) is 2.80. The van der Waals surface area contributed by atoms with Gasteiger partial charge in [-0.25, -0.2) is 4.98 Å². The van der Waals surface area contributed by atoms with Crippen LogP contribution in [0.4, 0.5) is 0 Å². The summed E-state index contributed by atoms with van der Waals surface area (Å²) in [6.45, 7) is 2.56. The van der Waals surface area contributed by atoms with Gasteiger partial charge in [0.2, 0.25) is 5.91 Å². The summed E-state index contributed by atoms with van der Waals surface area (Å²) in [6, 6.07) is 0. The largest absolute Gasteiger partial charge is 0.341 e. The van der Waals surface area contributed by atoms with E-state index in [2.05, 4.69) is 4.98 Å². The van der Waals surface area contributed by atoms with Gasteiger partial charge < -0.3 is 9.47 Å². The van der Waals surface area contributed by atoms with Gasteiger partial charge in [0.1, 0.15) is 0 Å². The Morgan fingerprint density at radius 1 is 1.40 bits per heavy atom. The van der Waals surface area contributed by atoms with Crippen LogP contribution in [0.1, 0.15) is 6.42 Å². The third kappa shape index (κ3) is 2.99. The maximum atomic E-state index is 11.8. The van der Waals surface area contributed by atoms with E-state index >= 15 is 0 Å². The molecule has 0 bridgehead atoms. The molecule has 0 aliphatic carbocycles. The molecule has 1 fully saturated rings. The fourth-order valence-corrected chi connectivity index (χ4v) is 2.52. The molecule has 1 aromatic heterocycles. The smallest absolute Gasteiger partial charge is 0.224 e. The normalized spacial score (nSPS) is 16.7. The molecule has 0 radical (unpaired) electrons. The highest BCUT2D eigenvalue weighted by Crippen LogP contribution is 2.10. The minimum atomic E-state index is 0.268. The predicted molar refractivity (Wildman–Crippen MR) is 60.7 cm³/mol. The van der Waals surface area contributed by atoms with Crippen LogP contribution in [0.3, 0.4) is 0 Å². The fraction of sp³-hybridized carbons (Fsp3) is 0.600. The van der Waals surface area contributed by atoms with Gasteiger partial charge in [0, 0.05) is 50.0 Å². The molecule has 82 valence electrons. The van der Waals surface area contributed by atoms with Gasteiger partial charge >= 0.3 is 0 Å². The van der Waals surface area contributed by atoms with Crippen LogP contribution in [0.5, 0.6) is 0 Å². The molecule has 2 rings (SSSR count). The van der Waals surface area contributed by atoms with E-state index in [1.165, 1.54) is 0 Å². The third-order valence-corrected chi connectivity index (χ3v) is 3.45. The number of rotatable bonds is 3. The van der Waals surface area contributed by atoms with E-state index < -0.39 is 0 Å². The lowest BCUT2D eigenvalue weighted by Crippen LogP contribution is -2.38. The average molecular weight is 225 g/mol. The van der Waals surface area contributed by atoms with Gasteiger partial charge in [0.25, 0.3) is 0 Å². The Labute approximate surface area is 93.7 Å². The second-order valence-electron chi connectivity index (χ2n) is 3.54. The number of carbonyl (C=O) groups excluding carboxylic acids is 1. The highest BCUT2D eigenvalue weighted by molar-refractivity contribution is 7.99. The molecule has 2 heterocycles. The van der Waals surface area contributed by atoms with E-state index in [4.69, 9.17) is 0 Å². The number of thioether (sulfide) groups is 1. The number of aromatic nitrogens is 2. The zero-order chi connectivity index (χ0) is 10.5. The Morgan fingerprint density at radius 2 is 2.20 bits per heavy atom. The van der Waals surface area contributed by atoms with Gasteiger partial charge in [0.05, 0.1) is 6.33 Å². The first-order chi connectivity index (χ1) is 7.36. The van der Waals surface area contributed by atoms with E-state index in [1.54, 1.807) is 12.5 Å². The minimum Gasteiger partial charge on any atom is -0.341 e. The molecule has 1 amide bonds. The van der Waals surface area contributed by atoms with Crippen LogP contribution < -0.4 is 0 Å². The van der Waals surface area contributed by atoms with Crippen molar-refractivity contribution in [3.63, 3.8) is 0 Å². The van der Waals surface area contributed by atoms with E-state index in [0.717, 1.165) is 31.1 Å². The molecule has 0 N–H and O–H groups in total. The maximum absolute atomic E-state index is 11.8. The summed E-state index contributed by atoms with van der Waals surface area (Å²) >= 11 is 1.92. The first-order valence-corrected chi connectivity index (χ1v) is 6.33. The van der Waals surface area contributed by atoms with E-state index in [1.807, 2.05) is 27.4 Å². The van der Waals surface area contributed by atoms with Gasteiger partial charge in [0.15, 0.2) is 0 Å². The number of amides is 1. The lowest BCUT2D eigenvalue weighted by molar-refractivity contribution is -0.131. The Hall–Kier alpha value is -0.970. The Morgan fingerprint density at radius 3 is 2.87 bits per heavy atom. The van der Waals surface area contributed by atoms with Crippen LogP contribution in [0.25, 0.3) is 0 Å². The zero-order valence-corrected chi connectivity index (χ0v) is 9.45. The second-order valence-corrected chi connectivity index (χ2v) is 4.77. The van der Waals surface area contributed by atoms with Crippen molar-refractivity contribution in [2.24, 2.45) is 0 Å². The number of nitrogens with zero attached hydrogens (tertiary/aromatic N) is 3. The predicted octanol–water partition coefficient (Wildman–Crippen LogP) is 0.849. The van der Waals surface area contributed by atoms with Gasteiger partial charge in [-0.1, -0.05) is 0 Å². The first kappa shape index (κ1) is 10.5. The molecule has 15 heavy (non-hydrogen) atoms. The van der Waals surface area contributed by atoms with Crippen molar-refractivity contribution in [1.82, 2.24) is 14.5 Å². The lowest BCUT2D eigenvalue weighted by atomic mass is 10.3. The van der Waals surface area contributed by atoms with Gasteiger partial charge in [-0.2, -0.15) is 11.8 Å². The number of hydrogen-bond donors (Lipinski definition) is 0. The number of hydrogen-bond acceptors (Lipinski definition) is 3. The Bertz CT molecular complexity index is 306. The molecular formula is C10H15N3OS. The number of imidazole rings is 1. The Balaban J connectivity index is 1.76. The van der Waals surface area contributed by atoms with Crippen LogP contribution in [0, 0.1) is 0 Å². The molecule has 0 spiro atoms. The van der Waals surface area contributed by atoms with Crippen molar-refractivity contribution in [3.8, 4) is 0 Å². The minimum absolute atomic E-state index is 0.268. The molecule has 0 aromatic carbocycles. The highest BCUT2D eigenvalue weighted by Gasteiger charge is 2.15. The van der Waals surface area contributed by atoms with E-state index in [9.17, 15) is 4.79 Å². The number of carbonyl (C=O) groups is 1. The lowest BCUT2D eigenvalue weighted by Gasteiger charge is -2.26. The topological polar surface area (TPSA) is 38.1 Å². The van der Waals surface area contributed by atoms with Gasteiger partial charge in [-0.15, -0.1) is 0 Å². The SMILES string of the molecule is O=C(CCn1ccnc1)N1CCSCC1. The summed E-state index contributed by atoms with van der Waals surface area (Å²) in [5.74, 6) is 2.43. The van der Waals surface area contributed by atoms with E-state index in [0.29, 0.717) is 6.42 Å². The van der Waals surface area contributed by atoms with Crippen LogP contribution in [0.2, 0.25) is 0 Å². The fourth-order valence-electron chi connectivity index (χ4n) is 1.61. The van der Waals surface area contributed by atoms with Crippen molar-refractivity contribution in [2.75, 3.05) is 24.6 Å². The molecule has 0 saturated carbocycles. The molecule has 5 heteroatoms. The summed E-state index contributed by atoms with van der Waals surface area (Å²) in [7, 11) is 0. The molecule has 0 atom stereocenters. The molecule has 1 aliphatic rings. The summed E-state index contributed by atoms with van der Waals surface area (Å²) in [5, 5.41) is 0. The summed E-state index contributed by atoms with van der Waals surface area (Å²) in [5.41, 5.74) is 0. The quantitative estimate of drug-likeness (QED) is 0.765. The zero-order valence-electron chi connectivity index (χ0n) is 8.63. The first-order valence-electron chi connectivity index (χ1n) is 5.17. The third-order valence-electron chi connectivity index (χ3n) is 2.51. The van der Waals surface area contributed by atoms with Gasteiger partial charge in [-0.05, 0) is 0 Å². The molecule has 1 aliphatic heterocycles. The molecule has 1 saturated heterocycles. The molecular weight excluding hydrogens is 210 g/mol. The summed E-state index contributed by atoms with van der Waals surface area (Å²) in [6.07, 6.45) is 5.96. The molecule has 4 nitrogen and oxygen atoms in total. The van der Waals surface area contributed by atoms with Gasteiger partial charge in [-0.3, -0.25) is 4.79 Å². The van der Waals surface area contributed by atoms with Crippen molar-refractivity contribution in [1.29, 1.82) is 0 Å². The Kier molecular flexibility index (Phi) is 3.66. The standard InChI is InChI=1S/C10H15N3OS/c14-10(13-5-7-15-8-6-13)1-3-12-4-2-11-9-12/h2,4,9H,1,3,5-8H2. The maximum Gasteiger partial charge on any atom is 0.224 e. The molecule has 1 aromatic rings. The van der Waals surface area contributed by atoms with Crippen LogP contribution in [-0.2, 0) is 11.3 Å². The second kappa shape index (κ2) is 5.21. The monoisotopic (exact) mass is 225 g/mol. The summed E-state index contributed by atoms with van der Waals surface area (Å²) < 4.78 is 1.94. The van der Waals surface area contributed by atoms with E-state index in [-0.39, 0.29) is 5.91 Å². The number of aryl methyl sites for hydroxylation is 1. The van der Waals surface area contributed by atoms with Crippen molar-refractivity contribution < 1.29 is 4.79 Å². The van der Waals surface area contributed by atoms with Crippen molar-refractivity contribution >= 4 is 17.7 Å². The highest BCUT2D eigenvalue weighted by atomic mass is 32.2. The summed E-state index contributed by atoms with van der Waals surface area (Å²) in [4.78, 5) is 17.7. The van der Waals surface area contributed by atoms with Crippen LogP contribution >= 0.6 is 11.8 Å².